The van der Waals surface area contributed by atoms with Crippen LogP contribution in [-0.4, -0.2) is 6.61 Å². The fraction of sp³-hybridized carbons (Fsp3) is 0.381. The van der Waals surface area contributed by atoms with E-state index in [1.54, 1.807) is 0 Å². The highest BCUT2D eigenvalue weighted by molar-refractivity contribution is 5.63. The van der Waals surface area contributed by atoms with Crippen molar-refractivity contribution in [3.8, 4) is 22.9 Å². The summed E-state index contributed by atoms with van der Waals surface area (Å²) in [7, 11) is 0. The molecule has 0 aliphatic rings. The Morgan fingerprint density at radius 3 is 2.00 bits per heavy atom. The number of nitrogens with zero attached hydrogens (tertiary/aromatic N) is 1. The van der Waals surface area contributed by atoms with Crippen LogP contribution in [0, 0.1) is 11.3 Å². The largest absolute Gasteiger partial charge is 0.494 e. The summed E-state index contributed by atoms with van der Waals surface area (Å²) in [5, 5.41) is 8.46. The van der Waals surface area contributed by atoms with Crippen molar-refractivity contribution in [2.24, 2.45) is 0 Å². The zero-order valence-corrected chi connectivity index (χ0v) is 13.7. The van der Waals surface area contributed by atoms with Gasteiger partial charge in [-0.15, -0.1) is 0 Å². The lowest BCUT2D eigenvalue weighted by atomic mass is 10.1. The Bertz CT molecular complexity index is 583. The fourth-order valence-electron chi connectivity index (χ4n) is 2.58. The highest BCUT2D eigenvalue weighted by Crippen LogP contribution is 2.22. The van der Waals surface area contributed by atoms with Gasteiger partial charge < -0.3 is 4.74 Å². The molecule has 0 fully saturated rings. The molecule has 0 atom stereocenters. The molecule has 0 saturated carbocycles. The van der Waals surface area contributed by atoms with E-state index in [2.05, 4.69) is 42.5 Å². The van der Waals surface area contributed by atoms with E-state index >= 15 is 0 Å². The lowest BCUT2D eigenvalue weighted by Crippen LogP contribution is -1.97. The summed E-state index contributed by atoms with van der Waals surface area (Å²) in [6.07, 6.45) is 7.68. The summed E-state index contributed by atoms with van der Waals surface area (Å²) in [4.78, 5) is 0. The third kappa shape index (κ3) is 6.57. The molecular weight excluding hydrogens is 282 g/mol. The van der Waals surface area contributed by atoms with Gasteiger partial charge in [0, 0.05) is 6.42 Å². The highest BCUT2D eigenvalue weighted by Gasteiger charge is 1.98. The standard InChI is InChI=1S/C21H25NO/c22-17-9-4-2-1-3-5-10-18-23-21-15-13-20(14-16-21)19-11-7-6-8-12-19/h6-8,11-16H,1-5,9-10,18H2. The molecule has 0 aromatic heterocycles. The first-order valence-corrected chi connectivity index (χ1v) is 8.55. The monoisotopic (exact) mass is 307 g/mol. The van der Waals surface area contributed by atoms with E-state index in [-0.39, 0.29) is 0 Å². The van der Waals surface area contributed by atoms with E-state index in [4.69, 9.17) is 10.00 Å². The fourth-order valence-corrected chi connectivity index (χ4v) is 2.58. The van der Waals surface area contributed by atoms with Crippen molar-refractivity contribution in [2.45, 2.75) is 44.9 Å². The van der Waals surface area contributed by atoms with Crippen LogP contribution in [0.25, 0.3) is 11.1 Å². The van der Waals surface area contributed by atoms with E-state index in [1.807, 2.05) is 18.2 Å². The van der Waals surface area contributed by atoms with Gasteiger partial charge in [0.05, 0.1) is 12.7 Å². The Balaban J connectivity index is 1.61. The number of ether oxygens (including phenoxy) is 1. The van der Waals surface area contributed by atoms with Gasteiger partial charge in [-0.3, -0.25) is 0 Å². The summed E-state index contributed by atoms with van der Waals surface area (Å²) >= 11 is 0. The molecule has 0 spiro atoms. The van der Waals surface area contributed by atoms with Gasteiger partial charge in [0.2, 0.25) is 0 Å². The number of nitriles is 1. The summed E-state index contributed by atoms with van der Waals surface area (Å²) in [6, 6.07) is 20.9. The molecule has 2 nitrogen and oxygen atoms in total. The third-order valence-corrected chi connectivity index (χ3v) is 3.91. The Morgan fingerprint density at radius 2 is 1.30 bits per heavy atom. The lowest BCUT2D eigenvalue weighted by Gasteiger charge is -2.07. The number of hydrogen-bond acceptors (Lipinski definition) is 2. The van der Waals surface area contributed by atoms with E-state index in [9.17, 15) is 0 Å². The van der Waals surface area contributed by atoms with Gasteiger partial charge in [0.1, 0.15) is 5.75 Å². The lowest BCUT2D eigenvalue weighted by molar-refractivity contribution is 0.304. The number of rotatable bonds is 10. The molecule has 2 heteroatoms. The van der Waals surface area contributed by atoms with Gasteiger partial charge in [0.15, 0.2) is 0 Å². The predicted octanol–water partition coefficient (Wildman–Crippen LogP) is 5.99. The summed E-state index contributed by atoms with van der Waals surface area (Å²) < 4.78 is 5.80. The second-order valence-electron chi connectivity index (χ2n) is 5.77. The summed E-state index contributed by atoms with van der Waals surface area (Å²) in [6.45, 7) is 0.781. The average Bonchev–Trinajstić information content (AvgIpc) is 2.62. The Labute approximate surface area is 139 Å². The van der Waals surface area contributed by atoms with Crippen molar-refractivity contribution in [3.63, 3.8) is 0 Å². The van der Waals surface area contributed by atoms with Gasteiger partial charge in [-0.2, -0.15) is 5.26 Å². The second kappa shape index (κ2) is 10.5. The normalized spacial score (nSPS) is 10.2. The van der Waals surface area contributed by atoms with Gasteiger partial charge >= 0.3 is 0 Å². The first kappa shape index (κ1) is 17.1. The maximum absolute atomic E-state index is 8.46. The van der Waals surface area contributed by atoms with Crippen LogP contribution >= 0.6 is 0 Å². The molecule has 0 radical (unpaired) electrons. The quantitative estimate of drug-likeness (QED) is 0.505. The Kier molecular flexibility index (Phi) is 7.77. The minimum atomic E-state index is 0.697. The van der Waals surface area contributed by atoms with Gasteiger partial charge in [-0.05, 0) is 36.1 Å². The van der Waals surface area contributed by atoms with Gasteiger partial charge in [-0.1, -0.05) is 68.1 Å². The van der Waals surface area contributed by atoms with E-state index in [1.165, 1.54) is 36.8 Å². The van der Waals surface area contributed by atoms with Crippen LogP contribution in [-0.2, 0) is 0 Å². The molecule has 23 heavy (non-hydrogen) atoms. The molecule has 0 aliphatic carbocycles. The molecule has 0 amide bonds. The zero-order chi connectivity index (χ0) is 16.2. The molecule has 2 aromatic rings. The van der Waals surface area contributed by atoms with Crippen molar-refractivity contribution in [3.05, 3.63) is 54.6 Å². The molecule has 0 heterocycles. The van der Waals surface area contributed by atoms with Crippen molar-refractivity contribution >= 4 is 0 Å². The van der Waals surface area contributed by atoms with E-state index in [0.717, 1.165) is 25.2 Å². The summed E-state index contributed by atoms with van der Waals surface area (Å²) in [5.41, 5.74) is 2.45. The first-order valence-electron chi connectivity index (χ1n) is 8.55. The molecule has 0 N–H and O–H groups in total. The Hall–Kier alpha value is -2.27. The van der Waals surface area contributed by atoms with Crippen LogP contribution in [0.4, 0.5) is 0 Å². The van der Waals surface area contributed by atoms with Crippen molar-refractivity contribution in [1.29, 1.82) is 5.26 Å². The maximum Gasteiger partial charge on any atom is 0.119 e. The second-order valence-corrected chi connectivity index (χ2v) is 5.77. The molecule has 2 aromatic carbocycles. The van der Waals surface area contributed by atoms with Gasteiger partial charge in [-0.25, -0.2) is 0 Å². The van der Waals surface area contributed by atoms with E-state index < -0.39 is 0 Å². The zero-order valence-electron chi connectivity index (χ0n) is 13.7. The van der Waals surface area contributed by atoms with Gasteiger partial charge in [0.25, 0.3) is 0 Å². The number of hydrogen-bond donors (Lipinski definition) is 0. The molecule has 0 aliphatic heterocycles. The molecule has 2 rings (SSSR count). The molecule has 0 bridgehead atoms. The number of benzene rings is 2. The predicted molar refractivity (Wildman–Crippen MR) is 95.3 cm³/mol. The summed E-state index contributed by atoms with van der Waals surface area (Å²) in [5.74, 6) is 0.943. The van der Waals surface area contributed by atoms with Crippen molar-refractivity contribution in [1.82, 2.24) is 0 Å². The van der Waals surface area contributed by atoms with Crippen LogP contribution in [0.5, 0.6) is 5.75 Å². The smallest absolute Gasteiger partial charge is 0.119 e. The van der Waals surface area contributed by atoms with Crippen LogP contribution in [0.2, 0.25) is 0 Å². The van der Waals surface area contributed by atoms with Crippen molar-refractivity contribution < 1.29 is 4.74 Å². The minimum absolute atomic E-state index is 0.697. The van der Waals surface area contributed by atoms with Crippen LogP contribution in [0.1, 0.15) is 44.9 Å². The molecule has 120 valence electrons. The number of unbranched alkanes of at least 4 members (excludes halogenated alkanes) is 6. The third-order valence-electron chi connectivity index (χ3n) is 3.91. The minimum Gasteiger partial charge on any atom is -0.494 e. The average molecular weight is 307 g/mol. The highest BCUT2D eigenvalue weighted by atomic mass is 16.5. The topological polar surface area (TPSA) is 33.0 Å². The van der Waals surface area contributed by atoms with Crippen LogP contribution < -0.4 is 4.74 Å². The molecule has 0 saturated heterocycles. The first-order chi connectivity index (χ1) is 11.4. The SMILES string of the molecule is N#CCCCCCCCCOc1ccc(-c2ccccc2)cc1. The Morgan fingerprint density at radius 1 is 0.696 bits per heavy atom. The molecular formula is C21H25NO. The van der Waals surface area contributed by atoms with E-state index in [0.29, 0.717) is 6.42 Å². The molecule has 0 unspecified atom stereocenters. The van der Waals surface area contributed by atoms with Crippen molar-refractivity contribution in [2.75, 3.05) is 6.61 Å². The van der Waals surface area contributed by atoms with Crippen LogP contribution in [0.15, 0.2) is 54.6 Å². The maximum atomic E-state index is 8.46. The van der Waals surface area contributed by atoms with Crippen LogP contribution in [0.3, 0.4) is 0 Å².